The number of halogens is 5. The minimum absolute atomic E-state index is 0.0341. The Bertz CT molecular complexity index is 232. The summed E-state index contributed by atoms with van der Waals surface area (Å²) in [5.74, 6) is -7.62. The van der Waals surface area contributed by atoms with Crippen LogP contribution in [-0.2, 0) is 9.53 Å². The van der Waals surface area contributed by atoms with Crippen LogP contribution in [0.3, 0.4) is 0 Å². The monoisotopic (exact) mass is 222 g/mol. The summed E-state index contributed by atoms with van der Waals surface area (Å²) in [5, 5.41) is 8.70. The zero-order valence-corrected chi connectivity index (χ0v) is 7.15. The minimum atomic E-state index is -6.02. The Kier molecular flexibility index (Phi) is 3.12. The van der Waals surface area contributed by atoms with Crippen molar-refractivity contribution >= 4 is 5.97 Å². The van der Waals surface area contributed by atoms with Gasteiger partial charge in [0, 0.05) is 0 Å². The molecule has 0 radical (unpaired) electrons. The fourth-order valence-electron chi connectivity index (χ4n) is 0.603. The molecule has 0 aliphatic heterocycles. The number of carbonyl (C=O) groups excluding carboxylic acids is 1. The average Bonchev–Trinajstić information content (AvgIpc) is 2.00. The van der Waals surface area contributed by atoms with Gasteiger partial charge < -0.3 is 9.84 Å². The second kappa shape index (κ2) is 3.34. The van der Waals surface area contributed by atoms with Crippen molar-refractivity contribution in [1.82, 2.24) is 0 Å². The van der Waals surface area contributed by atoms with Crippen molar-refractivity contribution in [1.29, 1.82) is 0 Å². The molecule has 0 aliphatic rings. The van der Waals surface area contributed by atoms with Gasteiger partial charge in [-0.1, -0.05) is 0 Å². The molecule has 0 rings (SSSR count). The van der Waals surface area contributed by atoms with Crippen LogP contribution in [-0.4, -0.2) is 35.9 Å². The highest BCUT2D eigenvalue weighted by Crippen LogP contribution is 2.43. The van der Waals surface area contributed by atoms with E-state index >= 15 is 0 Å². The average molecular weight is 222 g/mol. The molecule has 0 fully saturated rings. The van der Waals surface area contributed by atoms with Crippen LogP contribution in [0.15, 0.2) is 0 Å². The standard InChI is InChI=1S/C6H7F5O3/c1-4(13,3(12)14-2)5(7,8)6(9,10)11/h13H,1-2H3/t4-/m1/s1. The summed E-state index contributed by atoms with van der Waals surface area (Å²) in [6.45, 7) is 0.0341. The van der Waals surface area contributed by atoms with Crippen molar-refractivity contribution in [3.63, 3.8) is 0 Å². The van der Waals surface area contributed by atoms with Crippen LogP contribution in [0.2, 0.25) is 0 Å². The quantitative estimate of drug-likeness (QED) is 0.562. The highest BCUT2D eigenvalue weighted by Gasteiger charge is 2.71. The Morgan fingerprint density at radius 1 is 1.21 bits per heavy atom. The van der Waals surface area contributed by atoms with E-state index in [-0.39, 0.29) is 6.92 Å². The molecule has 0 spiro atoms. The molecule has 0 saturated carbocycles. The van der Waals surface area contributed by atoms with Gasteiger partial charge in [0.05, 0.1) is 7.11 Å². The maximum absolute atomic E-state index is 12.5. The molecule has 0 unspecified atom stereocenters. The fraction of sp³-hybridized carbons (Fsp3) is 0.833. The number of carbonyl (C=O) groups is 1. The second-order valence-corrected chi connectivity index (χ2v) is 2.64. The lowest BCUT2D eigenvalue weighted by atomic mass is 9.98. The fourth-order valence-corrected chi connectivity index (χ4v) is 0.603. The van der Waals surface area contributed by atoms with E-state index in [4.69, 9.17) is 5.11 Å². The van der Waals surface area contributed by atoms with Gasteiger partial charge in [-0.2, -0.15) is 22.0 Å². The van der Waals surface area contributed by atoms with Gasteiger partial charge >= 0.3 is 18.1 Å². The first-order valence-electron chi connectivity index (χ1n) is 3.24. The van der Waals surface area contributed by atoms with E-state index in [0.29, 0.717) is 7.11 Å². The Balaban J connectivity index is 5.18. The normalized spacial score (nSPS) is 17.4. The highest BCUT2D eigenvalue weighted by atomic mass is 19.4. The van der Waals surface area contributed by atoms with Crippen molar-refractivity contribution in [3.8, 4) is 0 Å². The number of ether oxygens (including phenoxy) is 1. The van der Waals surface area contributed by atoms with Crippen LogP contribution in [0.1, 0.15) is 6.92 Å². The van der Waals surface area contributed by atoms with Crippen LogP contribution in [0.4, 0.5) is 22.0 Å². The molecule has 0 aromatic heterocycles. The molecule has 0 aliphatic carbocycles. The smallest absolute Gasteiger partial charge is 0.457 e. The lowest BCUT2D eigenvalue weighted by Crippen LogP contribution is -2.60. The van der Waals surface area contributed by atoms with E-state index in [1.807, 2.05) is 0 Å². The minimum Gasteiger partial charge on any atom is -0.467 e. The molecule has 0 heterocycles. The number of alkyl halides is 5. The number of rotatable bonds is 2. The van der Waals surface area contributed by atoms with Crippen LogP contribution in [0.5, 0.6) is 0 Å². The van der Waals surface area contributed by atoms with Crippen LogP contribution in [0, 0.1) is 0 Å². The summed E-state index contributed by atoms with van der Waals surface area (Å²) >= 11 is 0. The second-order valence-electron chi connectivity index (χ2n) is 2.64. The highest BCUT2D eigenvalue weighted by molar-refractivity contribution is 5.80. The van der Waals surface area contributed by atoms with Crippen molar-refractivity contribution in [2.75, 3.05) is 7.11 Å². The van der Waals surface area contributed by atoms with Crippen molar-refractivity contribution in [2.24, 2.45) is 0 Å². The Morgan fingerprint density at radius 3 is 1.79 bits per heavy atom. The number of esters is 1. The first-order valence-corrected chi connectivity index (χ1v) is 3.24. The molecular formula is C6H7F5O3. The van der Waals surface area contributed by atoms with Crippen LogP contribution in [0.25, 0.3) is 0 Å². The van der Waals surface area contributed by atoms with E-state index in [2.05, 4.69) is 4.74 Å². The predicted molar refractivity (Wildman–Crippen MR) is 33.6 cm³/mol. The molecule has 1 N–H and O–H groups in total. The van der Waals surface area contributed by atoms with Gasteiger partial charge in [0.2, 0.25) is 5.60 Å². The molecule has 3 nitrogen and oxygen atoms in total. The molecule has 0 aromatic rings. The molecule has 0 saturated heterocycles. The van der Waals surface area contributed by atoms with Gasteiger partial charge in [-0.3, -0.25) is 0 Å². The Morgan fingerprint density at radius 2 is 1.57 bits per heavy atom. The third-order valence-electron chi connectivity index (χ3n) is 1.55. The van der Waals surface area contributed by atoms with Crippen LogP contribution < -0.4 is 0 Å². The Hall–Kier alpha value is -0.920. The first kappa shape index (κ1) is 13.1. The van der Waals surface area contributed by atoms with E-state index < -0.39 is 23.7 Å². The summed E-state index contributed by atoms with van der Waals surface area (Å²) in [6.07, 6.45) is -6.02. The topological polar surface area (TPSA) is 46.5 Å². The van der Waals surface area contributed by atoms with Gasteiger partial charge in [0.1, 0.15) is 0 Å². The van der Waals surface area contributed by atoms with Gasteiger partial charge in [-0.25, -0.2) is 4.79 Å². The van der Waals surface area contributed by atoms with Crippen LogP contribution >= 0.6 is 0 Å². The molecule has 14 heavy (non-hydrogen) atoms. The molecule has 8 heteroatoms. The molecule has 0 bridgehead atoms. The molecule has 0 amide bonds. The van der Waals surface area contributed by atoms with Crippen molar-refractivity contribution < 1.29 is 36.6 Å². The maximum atomic E-state index is 12.5. The van der Waals surface area contributed by atoms with Crippen molar-refractivity contribution in [2.45, 2.75) is 24.6 Å². The summed E-state index contributed by atoms with van der Waals surface area (Å²) in [7, 11) is 0.587. The predicted octanol–water partition coefficient (Wildman–Crippen LogP) is 1.11. The summed E-state index contributed by atoms with van der Waals surface area (Å²) in [6, 6.07) is 0. The lowest BCUT2D eigenvalue weighted by Gasteiger charge is -2.30. The number of aliphatic hydroxyl groups is 1. The first-order chi connectivity index (χ1) is 5.98. The molecule has 1 atom stereocenters. The summed E-state index contributed by atoms with van der Waals surface area (Å²) in [5.41, 5.74) is -3.93. The van der Waals surface area contributed by atoms with E-state index in [1.165, 1.54) is 0 Å². The van der Waals surface area contributed by atoms with E-state index in [1.54, 1.807) is 0 Å². The SMILES string of the molecule is COC(=O)[C@@](C)(O)C(F)(F)C(F)(F)F. The summed E-state index contributed by atoms with van der Waals surface area (Å²) in [4.78, 5) is 10.5. The third kappa shape index (κ3) is 1.79. The zero-order chi connectivity index (χ0) is 11.8. The van der Waals surface area contributed by atoms with E-state index in [0.717, 1.165) is 0 Å². The summed E-state index contributed by atoms with van der Waals surface area (Å²) < 4.78 is 63.7. The Labute approximate surface area is 75.5 Å². The molecular weight excluding hydrogens is 215 g/mol. The lowest BCUT2D eigenvalue weighted by molar-refractivity contribution is -0.333. The number of hydrogen-bond acceptors (Lipinski definition) is 3. The largest absolute Gasteiger partial charge is 0.467 e. The van der Waals surface area contributed by atoms with Crippen molar-refractivity contribution in [3.05, 3.63) is 0 Å². The molecule has 84 valence electrons. The third-order valence-corrected chi connectivity index (χ3v) is 1.55. The maximum Gasteiger partial charge on any atom is 0.457 e. The molecule has 0 aromatic carbocycles. The van der Waals surface area contributed by atoms with Gasteiger partial charge in [-0.05, 0) is 6.92 Å². The van der Waals surface area contributed by atoms with Gasteiger partial charge in [0.15, 0.2) is 0 Å². The van der Waals surface area contributed by atoms with Gasteiger partial charge in [-0.15, -0.1) is 0 Å². The zero-order valence-electron chi connectivity index (χ0n) is 7.15. The van der Waals surface area contributed by atoms with Gasteiger partial charge in [0.25, 0.3) is 0 Å². The number of hydrogen-bond donors (Lipinski definition) is 1. The van der Waals surface area contributed by atoms with E-state index in [9.17, 15) is 26.7 Å². The number of methoxy groups -OCH3 is 1.